The number of pyridine rings is 1. The van der Waals surface area contributed by atoms with Crippen molar-refractivity contribution < 1.29 is 9.53 Å². The van der Waals surface area contributed by atoms with Gasteiger partial charge in [-0.1, -0.05) is 12.1 Å². The minimum Gasteiger partial charge on any atom is -0.497 e. The number of nitrogens with zero attached hydrogens (tertiary/aromatic N) is 3. The van der Waals surface area contributed by atoms with Crippen molar-refractivity contribution in [3.63, 3.8) is 0 Å². The highest BCUT2D eigenvalue weighted by Crippen LogP contribution is 2.12. The molecule has 0 fully saturated rings. The van der Waals surface area contributed by atoms with Gasteiger partial charge in [0.25, 0.3) is 0 Å². The summed E-state index contributed by atoms with van der Waals surface area (Å²) in [5.41, 5.74) is 0.149. The summed E-state index contributed by atoms with van der Waals surface area (Å²) < 4.78 is 7.47. The largest absolute Gasteiger partial charge is 0.497 e. The van der Waals surface area contributed by atoms with E-state index in [2.05, 4.69) is 10.3 Å². The molecule has 0 spiro atoms. The first-order valence-electron chi connectivity index (χ1n) is 7.95. The summed E-state index contributed by atoms with van der Waals surface area (Å²) in [5, 5.41) is 2.74. The van der Waals surface area contributed by atoms with E-state index in [4.69, 9.17) is 4.74 Å². The molecule has 134 valence electrons. The zero-order valence-corrected chi connectivity index (χ0v) is 14.4. The van der Waals surface area contributed by atoms with Gasteiger partial charge in [-0.3, -0.25) is 23.5 Å². The third kappa shape index (κ3) is 3.34. The number of hydrogen-bond acceptors (Lipinski definition) is 5. The van der Waals surface area contributed by atoms with E-state index in [0.717, 1.165) is 10.1 Å². The van der Waals surface area contributed by atoms with Gasteiger partial charge in [0.1, 0.15) is 12.3 Å². The molecule has 3 rings (SSSR count). The number of nitrogens with one attached hydrogen (secondary N) is 1. The van der Waals surface area contributed by atoms with Gasteiger partial charge in [-0.25, -0.2) is 4.98 Å². The van der Waals surface area contributed by atoms with Crippen LogP contribution < -0.4 is 21.2 Å². The Morgan fingerprint density at radius 2 is 2.00 bits per heavy atom. The molecular formula is C18H18N4O4. The van der Waals surface area contributed by atoms with Crippen LogP contribution in [0, 0.1) is 0 Å². The third-order valence-corrected chi connectivity index (χ3v) is 4.03. The van der Waals surface area contributed by atoms with E-state index in [9.17, 15) is 14.4 Å². The summed E-state index contributed by atoms with van der Waals surface area (Å²) in [5.74, 6) is 0.310. The quantitative estimate of drug-likeness (QED) is 0.670. The van der Waals surface area contributed by atoms with Gasteiger partial charge in [0.15, 0.2) is 5.65 Å². The van der Waals surface area contributed by atoms with Crippen molar-refractivity contribution in [1.29, 1.82) is 0 Å². The first-order valence-corrected chi connectivity index (χ1v) is 7.95. The lowest BCUT2D eigenvalue weighted by molar-refractivity contribution is -0.121. The van der Waals surface area contributed by atoms with Crippen LogP contribution in [0.2, 0.25) is 0 Å². The zero-order chi connectivity index (χ0) is 18.7. The first-order chi connectivity index (χ1) is 12.5. The van der Waals surface area contributed by atoms with Crippen molar-refractivity contribution in [2.45, 2.75) is 13.1 Å². The molecule has 8 nitrogen and oxygen atoms in total. The van der Waals surface area contributed by atoms with E-state index in [1.54, 1.807) is 19.2 Å². The topological polar surface area (TPSA) is 95.2 Å². The van der Waals surface area contributed by atoms with E-state index in [1.165, 1.54) is 17.8 Å². The van der Waals surface area contributed by atoms with Crippen LogP contribution in [0.3, 0.4) is 0 Å². The van der Waals surface area contributed by atoms with Gasteiger partial charge in [0.05, 0.1) is 12.6 Å². The second-order valence-electron chi connectivity index (χ2n) is 5.73. The van der Waals surface area contributed by atoms with Crippen molar-refractivity contribution in [1.82, 2.24) is 19.4 Å². The lowest BCUT2D eigenvalue weighted by Crippen LogP contribution is -2.43. The van der Waals surface area contributed by atoms with Crippen molar-refractivity contribution in [3.8, 4) is 5.75 Å². The summed E-state index contributed by atoms with van der Waals surface area (Å²) in [6.07, 6.45) is 1.53. The summed E-state index contributed by atoms with van der Waals surface area (Å²) >= 11 is 0. The second-order valence-corrected chi connectivity index (χ2v) is 5.73. The van der Waals surface area contributed by atoms with E-state index in [-0.39, 0.29) is 19.0 Å². The molecule has 0 radical (unpaired) electrons. The number of hydrogen-bond donors (Lipinski definition) is 1. The Labute approximate surface area is 148 Å². The maximum Gasteiger partial charge on any atom is 0.317 e. The average molecular weight is 354 g/mol. The molecule has 26 heavy (non-hydrogen) atoms. The summed E-state index contributed by atoms with van der Waals surface area (Å²) in [4.78, 5) is 40.8. The van der Waals surface area contributed by atoms with Gasteiger partial charge < -0.3 is 10.1 Å². The minimum atomic E-state index is -0.760. The molecule has 3 aromatic rings. The Hall–Kier alpha value is -3.42. The predicted octanol–water partition coefficient (Wildman–Crippen LogP) is 0.420. The number of rotatable bonds is 5. The molecule has 0 saturated carbocycles. The molecule has 2 aromatic heterocycles. The SMILES string of the molecule is COc1cccc(CNC(=O)Cn2c(=O)c(=O)n(C)c3ncccc32)c1. The van der Waals surface area contributed by atoms with Gasteiger partial charge >= 0.3 is 11.1 Å². The third-order valence-electron chi connectivity index (χ3n) is 4.03. The predicted molar refractivity (Wildman–Crippen MR) is 96.1 cm³/mol. The smallest absolute Gasteiger partial charge is 0.317 e. The molecule has 0 atom stereocenters. The van der Waals surface area contributed by atoms with Crippen molar-refractivity contribution in [2.75, 3.05) is 7.11 Å². The number of amides is 1. The fourth-order valence-electron chi connectivity index (χ4n) is 2.66. The molecule has 2 heterocycles. The van der Waals surface area contributed by atoms with Crippen LogP contribution in [0.25, 0.3) is 11.2 Å². The van der Waals surface area contributed by atoms with Gasteiger partial charge in [0.2, 0.25) is 5.91 Å². The summed E-state index contributed by atoms with van der Waals surface area (Å²) in [6.45, 7) is 0.0207. The Kier molecular flexibility index (Phi) is 4.83. The number of ether oxygens (including phenoxy) is 1. The number of carbonyl (C=O) groups excluding carboxylic acids is 1. The second kappa shape index (κ2) is 7.22. The summed E-state index contributed by atoms with van der Waals surface area (Å²) in [7, 11) is 3.05. The lowest BCUT2D eigenvalue weighted by atomic mass is 10.2. The molecule has 0 aliphatic carbocycles. The fraction of sp³-hybridized carbons (Fsp3) is 0.222. The Bertz CT molecular complexity index is 1080. The average Bonchev–Trinajstić information content (AvgIpc) is 2.68. The van der Waals surface area contributed by atoms with Crippen LogP contribution in [0.5, 0.6) is 5.75 Å². The van der Waals surface area contributed by atoms with Crippen LogP contribution in [0.4, 0.5) is 0 Å². The lowest BCUT2D eigenvalue weighted by Gasteiger charge is -2.12. The highest BCUT2D eigenvalue weighted by Gasteiger charge is 2.14. The molecule has 8 heteroatoms. The van der Waals surface area contributed by atoms with E-state index in [1.807, 2.05) is 24.3 Å². The highest BCUT2D eigenvalue weighted by molar-refractivity contribution is 5.78. The van der Waals surface area contributed by atoms with Gasteiger partial charge in [-0.05, 0) is 29.8 Å². The van der Waals surface area contributed by atoms with E-state index < -0.39 is 11.1 Å². The fourth-order valence-corrected chi connectivity index (χ4v) is 2.66. The Morgan fingerprint density at radius 3 is 2.77 bits per heavy atom. The molecule has 0 bridgehead atoms. The number of benzene rings is 1. The van der Waals surface area contributed by atoms with E-state index in [0.29, 0.717) is 16.9 Å². The van der Waals surface area contributed by atoms with Crippen molar-refractivity contribution in [2.24, 2.45) is 7.05 Å². The van der Waals surface area contributed by atoms with Gasteiger partial charge in [-0.15, -0.1) is 0 Å². The Morgan fingerprint density at radius 1 is 1.19 bits per heavy atom. The molecule has 0 aliphatic rings. The minimum absolute atomic E-state index is 0.263. The van der Waals surface area contributed by atoms with E-state index >= 15 is 0 Å². The van der Waals surface area contributed by atoms with Crippen LogP contribution in [0.15, 0.2) is 52.2 Å². The molecule has 0 aliphatic heterocycles. The Balaban J connectivity index is 1.83. The zero-order valence-electron chi connectivity index (χ0n) is 14.4. The maximum absolute atomic E-state index is 12.3. The van der Waals surface area contributed by atoms with Crippen molar-refractivity contribution >= 4 is 17.1 Å². The van der Waals surface area contributed by atoms with Crippen LogP contribution in [0.1, 0.15) is 5.56 Å². The first kappa shape index (κ1) is 17.4. The number of aryl methyl sites for hydroxylation is 1. The van der Waals surface area contributed by atoms with Crippen LogP contribution in [-0.2, 0) is 24.9 Å². The van der Waals surface area contributed by atoms with Gasteiger partial charge in [0, 0.05) is 19.8 Å². The molecular weight excluding hydrogens is 336 g/mol. The molecule has 0 unspecified atom stereocenters. The molecule has 0 saturated heterocycles. The molecule has 1 aromatic carbocycles. The van der Waals surface area contributed by atoms with Crippen molar-refractivity contribution in [3.05, 3.63) is 68.9 Å². The maximum atomic E-state index is 12.3. The number of carbonyl (C=O) groups is 1. The summed E-state index contributed by atoms with van der Waals surface area (Å²) in [6, 6.07) is 10.6. The standard InChI is InChI=1S/C18H18N4O4/c1-21-16-14(7-4-8-19-16)22(18(25)17(21)24)11-15(23)20-10-12-5-3-6-13(9-12)26-2/h3-9H,10-11H2,1-2H3,(H,20,23). The monoisotopic (exact) mass is 354 g/mol. The molecule has 1 N–H and O–H groups in total. The van der Waals surface area contributed by atoms with Gasteiger partial charge in [-0.2, -0.15) is 0 Å². The van der Waals surface area contributed by atoms with Crippen LogP contribution >= 0.6 is 0 Å². The number of fused-ring (bicyclic) bond motifs is 1. The number of aromatic nitrogens is 3. The normalized spacial score (nSPS) is 10.7. The number of methoxy groups -OCH3 is 1. The molecule has 1 amide bonds. The highest BCUT2D eigenvalue weighted by atomic mass is 16.5. The van der Waals surface area contributed by atoms with Crippen LogP contribution in [-0.4, -0.2) is 27.1 Å².